The number of carbonyl (C=O) groups excluding carboxylic acids is 1. The van der Waals surface area contributed by atoms with Gasteiger partial charge in [0, 0.05) is 32.7 Å². The van der Waals surface area contributed by atoms with Gasteiger partial charge in [-0.25, -0.2) is 12.7 Å². The SMILES string of the molecule is CN(C)S(=O)(=O)CCNC(=O)c1cccc([C@@H]2CCCNC2)c1. The number of nitrogens with one attached hydrogen (secondary N) is 2. The summed E-state index contributed by atoms with van der Waals surface area (Å²) in [5.74, 6) is 0.105. The molecule has 7 heteroatoms. The van der Waals surface area contributed by atoms with E-state index in [0.29, 0.717) is 11.5 Å². The van der Waals surface area contributed by atoms with Gasteiger partial charge >= 0.3 is 0 Å². The molecule has 0 spiro atoms. The molecule has 0 bridgehead atoms. The van der Waals surface area contributed by atoms with E-state index in [1.54, 1.807) is 6.07 Å². The molecule has 128 valence electrons. The minimum Gasteiger partial charge on any atom is -0.351 e. The molecule has 1 heterocycles. The van der Waals surface area contributed by atoms with Gasteiger partial charge in [-0.3, -0.25) is 4.79 Å². The molecule has 0 saturated carbocycles. The third-order valence-corrected chi connectivity index (χ3v) is 5.95. The van der Waals surface area contributed by atoms with Crippen LogP contribution in [0.2, 0.25) is 0 Å². The first-order chi connectivity index (χ1) is 10.9. The Labute approximate surface area is 138 Å². The summed E-state index contributed by atoms with van der Waals surface area (Å²) >= 11 is 0. The number of sulfonamides is 1. The lowest BCUT2D eigenvalue weighted by Crippen LogP contribution is -2.34. The molecule has 6 nitrogen and oxygen atoms in total. The van der Waals surface area contributed by atoms with Gasteiger partial charge in [-0.2, -0.15) is 0 Å². The topological polar surface area (TPSA) is 78.5 Å². The third-order valence-electron chi connectivity index (χ3n) is 4.12. The Bertz CT molecular complexity index is 638. The highest BCUT2D eigenvalue weighted by atomic mass is 32.2. The lowest BCUT2D eigenvalue weighted by Gasteiger charge is -2.23. The molecule has 1 fully saturated rings. The van der Waals surface area contributed by atoms with Gasteiger partial charge in [-0.1, -0.05) is 12.1 Å². The summed E-state index contributed by atoms with van der Waals surface area (Å²) in [5.41, 5.74) is 1.74. The molecule has 1 aliphatic rings. The van der Waals surface area contributed by atoms with Crippen molar-refractivity contribution < 1.29 is 13.2 Å². The summed E-state index contributed by atoms with van der Waals surface area (Å²) in [6.07, 6.45) is 2.27. The van der Waals surface area contributed by atoms with Crippen LogP contribution in [0.1, 0.15) is 34.7 Å². The molecular weight excluding hydrogens is 314 g/mol. The number of benzene rings is 1. The Hall–Kier alpha value is -1.44. The van der Waals surface area contributed by atoms with Crippen molar-refractivity contribution in [1.29, 1.82) is 0 Å². The van der Waals surface area contributed by atoms with E-state index < -0.39 is 10.0 Å². The van der Waals surface area contributed by atoms with E-state index in [0.717, 1.165) is 35.8 Å². The first-order valence-corrected chi connectivity index (χ1v) is 9.50. The average molecular weight is 339 g/mol. The Kier molecular flexibility index (Phi) is 6.15. The van der Waals surface area contributed by atoms with Crippen LogP contribution in [-0.4, -0.2) is 58.1 Å². The van der Waals surface area contributed by atoms with E-state index in [2.05, 4.69) is 10.6 Å². The Morgan fingerprint density at radius 3 is 2.83 bits per heavy atom. The summed E-state index contributed by atoms with van der Waals surface area (Å²) in [6.45, 7) is 2.09. The van der Waals surface area contributed by atoms with Gasteiger partial charge in [0.05, 0.1) is 5.75 Å². The predicted octanol–water partition coefficient (Wildman–Crippen LogP) is 0.775. The zero-order valence-electron chi connectivity index (χ0n) is 13.7. The quantitative estimate of drug-likeness (QED) is 0.803. The molecular formula is C16H25N3O3S. The minimum atomic E-state index is -3.29. The third kappa shape index (κ3) is 5.02. The maximum absolute atomic E-state index is 12.2. The maximum Gasteiger partial charge on any atom is 0.251 e. The number of amides is 1. The van der Waals surface area contributed by atoms with Gasteiger partial charge in [-0.05, 0) is 43.0 Å². The Balaban J connectivity index is 1.94. The normalized spacial score (nSPS) is 18.8. The van der Waals surface area contributed by atoms with Crippen molar-refractivity contribution in [2.45, 2.75) is 18.8 Å². The van der Waals surface area contributed by atoms with Crippen molar-refractivity contribution in [2.24, 2.45) is 0 Å². The van der Waals surface area contributed by atoms with Gasteiger partial charge < -0.3 is 10.6 Å². The first kappa shape index (κ1) is 17.9. The lowest BCUT2D eigenvalue weighted by molar-refractivity contribution is 0.0956. The van der Waals surface area contributed by atoms with E-state index in [1.165, 1.54) is 14.1 Å². The van der Waals surface area contributed by atoms with Crippen LogP contribution in [0.4, 0.5) is 0 Å². The Morgan fingerprint density at radius 2 is 2.17 bits per heavy atom. The smallest absolute Gasteiger partial charge is 0.251 e. The van der Waals surface area contributed by atoms with Crippen molar-refractivity contribution in [3.63, 3.8) is 0 Å². The van der Waals surface area contributed by atoms with E-state index in [1.807, 2.05) is 18.2 Å². The van der Waals surface area contributed by atoms with Gasteiger partial charge in [0.25, 0.3) is 5.91 Å². The van der Waals surface area contributed by atoms with Crippen molar-refractivity contribution in [1.82, 2.24) is 14.9 Å². The van der Waals surface area contributed by atoms with Gasteiger partial charge in [0.2, 0.25) is 10.0 Å². The summed E-state index contributed by atoms with van der Waals surface area (Å²) in [6, 6.07) is 7.60. The fraction of sp³-hybridized carbons (Fsp3) is 0.562. The van der Waals surface area contributed by atoms with Crippen LogP contribution in [0.3, 0.4) is 0 Å². The zero-order valence-corrected chi connectivity index (χ0v) is 14.5. The molecule has 1 aromatic carbocycles. The summed E-state index contributed by atoms with van der Waals surface area (Å²) in [7, 11) is -0.321. The number of rotatable bonds is 6. The van der Waals surface area contributed by atoms with Crippen molar-refractivity contribution >= 4 is 15.9 Å². The second kappa shape index (κ2) is 7.90. The number of hydrogen-bond donors (Lipinski definition) is 2. The van der Waals surface area contributed by atoms with Crippen molar-refractivity contribution in [3.8, 4) is 0 Å². The molecule has 1 saturated heterocycles. The van der Waals surface area contributed by atoms with Gasteiger partial charge in [-0.15, -0.1) is 0 Å². The Morgan fingerprint density at radius 1 is 1.39 bits per heavy atom. The summed E-state index contributed by atoms with van der Waals surface area (Å²) < 4.78 is 24.5. The van der Waals surface area contributed by atoms with E-state index in [4.69, 9.17) is 0 Å². The fourth-order valence-electron chi connectivity index (χ4n) is 2.65. The van der Waals surface area contributed by atoms with Crippen LogP contribution in [0.5, 0.6) is 0 Å². The molecule has 2 rings (SSSR count). The molecule has 0 aromatic heterocycles. The highest BCUT2D eigenvalue weighted by Crippen LogP contribution is 2.23. The second-order valence-electron chi connectivity index (χ2n) is 6.02. The maximum atomic E-state index is 12.2. The van der Waals surface area contributed by atoms with Gasteiger partial charge in [0.15, 0.2) is 0 Å². The van der Waals surface area contributed by atoms with E-state index in [9.17, 15) is 13.2 Å². The second-order valence-corrected chi connectivity index (χ2v) is 8.33. The molecule has 1 aromatic rings. The number of hydrogen-bond acceptors (Lipinski definition) is 4. The molecule has 1 aliphatic heterocycles. The van der Waals surface area contributed by atoms with Crippen LogP contribution in [0.25, 0.3) is 0 Å². The highest BCUT2D eigenvalue weighted by Gasteiger charge is 2.17. The lowest BCUT2D eigenvalue weighted by atomic mass is 9.90. The van der Waals surface area contributed by atoms with Crippen LogP contribution >= 0.6 is 0 Å². The van der Waals surface area contributed by atoms with E-state index >= 15 is 0 Å². The largest absolute Gasteiger partial charge is 0.351 e. The van der Waals surface area contributed by atoms with Crippen molar-refractivity contribution in [3.05, 3.63) is 35.4 Å². The number of piperidine rings is 1. The summed E-state index contributed by atoms with van der Waals surface area (Å²) in [4.78, 5) is 12.2. The zero-order chi connectivity index (χ0) is 16.9. The van der Waals surface area contributed by atoms with Crippen LogP contribution in [0.15, 0.2) is 24.3 Å². The van der Waals surface area contributed by atoms with Crippen LogP contribution in [0, 0.1) is 0 Å². The minimum absolute atomic E-state index is 0.0992. The number of carbonyl (C=O) groups is 1. The molecule has 1 amide bonds. The fourth-order valence-corrected chi connectivity index (χ4v) is 3.37. The molecule has 0 unspecified atom stereocenters. The molecule has 0 aliphatic carbocycles. The highest BCUT2D eigenvalue weighted by molar-refractivity contribution is 7.89. The molecule has 23 heavy (non-hydrogen) atoms. The standard InChI is InChI=1S/C16H25N3O3S/c1-19(2)23(21,22)10-9-18-16(20)14-6-3-5-13(11-14)15-7-4-8-17-12-15/h3,5-6,11,15,17H,4,7-10,12H2,1-2H3,(H,18,20)/t15-/m1/s1. The van der Waals surface area contributed by atoms with Crippen molar-refractivity contribution in [2.75, 3.05) is 39.5 Å². The monoisotopic (exact) mass is 339 g/mol. The molecule has 2 N–H and O–H groups in total. The number of nitrogens with zero attached hydrogens (tertiary/aromatic N) is 1. The molecule has 0 radical (unpaired) electrons. The van der Waals surface area contributed by atoms with Crippen LogP contribution < -0.4 is 10.6 Å². The first-order valence-electron chi connectivity index (χ1n) is 7.89. The summed E-state index contributed by atoms with van der Waals surface area (Å²) in [5, 5.41) is 6.05. The van der Waals surface area contributed by atoms with Crippen LogP contribution in [-0.2, 0) is 10.0 Å². The predicted molar refractivity (Wildman–Crippen MR) is 91.1 cm³/mol. The van der Waals surface area contributed by atoms with Gasteiger partial charge in [0.1, 0.15) is 0 Å². The molecule has 1 atom stereocenters. The average Bonchev–Trinajstić information content (AvgIpc) is 2.55. The van der Waals surface area contributed by atoms with E-state index in [-0.39, 0.29) is 18.2 Å².